The number of rotatable bonds is 6. The van der Waals surface area contributed by atoms with Crippen LogP contribution >= 0.6 is 15.8 Å². The van der Waals surface area contributed by atoms with Gasteiger partial charge in [0.25, 0.3) is 0 Å². The van der Waals surface area contributed by atoms with Gasteiger partial charge >= 0.3 is 0 Å². The molecule has 2 nitrogen and oxygen atoms in total. The van der Waals surface area contributed by atoms with Gasteiger partial charge in [-0.25, -0.2) is 0 Å². The summed E-state index contributed by atoms with van der Waals surface area (Å²) in [4.78, 5) is 0. The molecule has 6 aromatic carbocycles. The maximum Gasteiger partial charge on any atom is 0.130 e. The van der Waals surface area contributed by atoms with Crippen LogP contribution in [0, 0.1) is 0 Å². The van der Waals surface area contributed by atoms with E-state index in [1.807, 2.05) is 0 Å². The summed E-state index contributed by atoms with van der Waals surface area (Å²) in [6, 6.07) is 56.8. The van der Waals surface area contributed by atoms with Crippen LogP contribution in [0.4, 0.5) is 0 Å². The van der Waals surface area contributed by atoms with Crippen LogP contribution < -0.4 is 41.3 Å². The molecule has 1 aliphatic rings. The molecule has 0 aromatic heterocycles. The maximum atomic E-state index is 6.69. The highest BCUT2D eigenvalue weighted by Crippen LogP contribution is 2.47. The average molecular weight is 595 g/mol. The summed E-state index contributed by atoms with van der Waals surface area (Å²) in [6.07, 6.45) is -0.0877. The minimum atomic E-state index is -0.888. The van der Waals surface area contributed by atoms with Gasteiger partial charge in [0.15, 0.2) is 0 Å². The molecule has 1 heterocycles. The maximum absolute atomic E-state index is 6.69. The van der Waals surface area contributed by atoms with E-state index in [1.54, 1.807) is 0 Å². The van der Waals surface area contributed by atoms with Crippen LogP contribution in [0.15, 0.2) is 158 Å². The number of ether oxygens (including phenoxy) is 2. The SMILES string of the molecule is C[C@@H]1COc2cccc(P(c3ccccc3)c3ccccc3)c2-c2c(cccc2P(c2ccccc2)c2ccccc2)O1. The zero-order chi connectivity index (χ0) is 29.0. The summed E-state index contributed by atoms with van der Waals surface area (Å²) in [6.45, 7) is 2.57. The van der Waals surface area contributed by atoms with Crippen molar-refractivity contribution in [2.24, 2.45) is 0 Å². The average Bonchev–Trinajstić information content (AvgIpc) is 3.06. The molecule has 0 amide bonds. The summed E-state index contributed by atoms with van der Waals surface area (Å²) in [5.74, 6) is 1.83. The molecule has 0 saturated carbocycles. The van der Waals surface area contributed by atoms with Gasteiger partial charge in [0.1, 0.15) is 24.2 Å². The van der Waals surface area contributed by atoms with Gasteiger partial charge in [0, 0.05) is 11.1 Å². The molecule has 210 valence electrons. The lowest BCUT2D eigenvalue weighted by molar-refractivity contribution is 0.141. The molecule has 0 bridgehead atoms. The van der Waals surface area contributed by atoms with Gasteiger partial charge in [-0.2, -0.15) is 0 Å². The van der Waals surface area contributed by atoms with Crippen molar-refractivity contribution < 1.29 is 9.47 Å². The molecule has 0 saturated heterocycles. The summed E-state index contributed by atoms with van der Waals surface area (Å²) in [5.41, 5.74) is 2.27. The van der Waals surface area contributed by atoms with Crippen LogP contribution in [0.5, 0.6) is 11.5 Å². The standard InChI is InChI=1S/C39H32O2P2/c1-29-28-40-34-24-14-26-36(42(30-16-6-2-7-17-30)31-18-8-3-9-19-31)38(34)39-35(41-29)25-15-27-37(39)43(32-20-10-4-11-21-32)33-22-12-5-13-23-33/h2-27,29H,28H2,1H3/t29-/m1/s1. The predicted molar refractivity (Wildman–Crippen MR) is 185 cm³/mol. The Morgan fingerprint density at radius 3 is 1.23 bits per heavy atom. The van der Waals surface area contributed by atoms with Gasteiger partial charge in [-0.1, -0.05) is 146 Å². The minimum absolute atomic E-state index is 0.0877. The number of benzene rings is 6. The number of hydrogen-bond acceptors (Lipinski definition) is 2. The van der Waals surface area contributed by atoms with Crippen molar-refractivity contribution in [3.63, 3.8) is 0 Å². The van der Waals surface area contributed by atoms with Crippen molar-refractivity contribution in [1.82, 2.24) is 0 Å². The largest absolute Gasteiger partial charge is 0.489 e. The van der Waals surface area contributed by atoms with E-state index in [9.17, 15) is 0 Å². The van der Waals surface area contributed by atoms with E-state index in [0.717, 1.165) is 22.6 Å². The second kappa shape index (κ2) is 12.6. The highest BCUT2D eigenvalue weighted by molar-refractivity contribution is 7.80. The van der Waals surface area contributed by atoms with Gasteiger partial charge in [-0.05, 0) is 66.7 Å². The van der Waals surface area contributed by atoms with E-state index in [1.165, 1.54) is 31.8 Å². The first-order chi connectivity index (χ1) is 21.3. The van der Waals surface area contributed by atoms with Gasteiger partial charge in [-0.15, -0.1) is 0 Å². The Morgan fingerprint density at radius 1 is 0.442 bits per heavy atom. The zero-order valence-electron chi connectivity index (χ0n) is 24.0. The van der Waals surface area contributed by atoms with Gasteiger partial charge in [0.05, 0.1) is 0 Å². The van der Waals surface area contributed by atoms with Crippen LogP contribution in [0.2, 0.25) is 0 Å². The quantitative estimate of drug-likeness (QED) is 0.193. The van der Waals surface area contributed by atoms with Crippen LogP contribution in [0.25, 0.3) is 11.1 Å². The van der Waals surface area contributed by atoms with E-state index in [4.69, 9.17) is 9.47 Å². The smallest absolute Gasteiger partial charge is 0.130 e. The fraction of sp³-hybridized carbons (Fsp3) is 0.0769. The Hall–Kier alpha value is -4.22. The summed E-state index contributed by atoms with van der Waals surface area (Å²) in [5, 5.41) is 7.77. The molecule has 0 unspecified atom stereocenters. The van der Waals surface area contributed by atoms with Crippen molar-refractivity contribution in [3.05, 3.63) is 158 Å². The van der Waals surface area contributed by atoms with Crippen molar-refractivity contribution in [2.75, 3.05) is 6.61 Å². The Kier molecular flexibility index (Phi) is 8.07. The zero-order valence-corrected chi connectivity index (χ0v) is 25.8. The number of hydrogen-bond donors (Lipinski definition) is 0. The van der Waals surface area contributed by atoms with Crippen LogP contribution in [0.1, 0.15) is 6.92 Å². The lowest BCUT2D eigenvalue weighted by Crippen LogP contribution is -2.30. The molecular formula is C39H32O2P2. The third-order valence-electron chi connectivity index (χ3n) is 7.60. The van der Waals surface area contributed by atoms with E-state index in [2.05, 4.69) is 165 Å². The second-order valence-corrected chi connectivity index (χ2v) is 14.9. The topological polar surface area (TPSA) is 18.5 Å². The van der Waals surface area contributed by atoms with Crippen molar-refractivity contribution >= 4 is 47.7 Å². The van der Waals surface area contributed by atoms with Crippen molar-refractivity contribution in [2.45, 2.75) is 13.0 Å². The van der Waals surface area contributed by atoms with Gasteiger partial charge in [0.2, 0.25) is 0 Å². The first-order valence-corrected chi connectivity index (χ1v) is 17.3. The molecule has 0 N–H and O–H groups in total. The monoisotopic (exact) mass is 594 g/mol. The lowest BCUT2D eigenvalue weighted by Gasteiger charge is -2.31. The third-order valence-corrected chi connectivity index (χ3v) is 12.6. The minimum Gasteiger partial charge on any atom is -0.489 e. The molecule has 6 aromatic rings. The summed E-state index contributed by atoms with van der Waals surface area (Å²) >= 11 is 0. The summed E-state index contributed by atoms with van der Waals surface area (Å²) in [7, 11) is -1.77. The van der Waals surface area contributed by atoms with E-state index in [-0.39, 0.29) is 6.10 Å². The molecule has 7 rings (SSSR count). The highest BCUT2D eigenvalue weighted by atomic mass is 31.1. The Morgan fingerprint density at radius 2 is 0.814 bits per heavy atom. The van der Waals surface area contributed by atoms with Crippen LogP contribution in [-0.4, -0.2) is 12.7 Å². The van der Waals surface area contributed by atoms with E-state index >= 15 is 0 Å². The van der Waals surface area contributed by atoms with Crippen LogP contribution in [0.3, 0.4) is 0 Å². The Balaban J connectivity index is 1.55. The fourth-order valence-corrected chi connectivity index (χ4v) is 10.7. The van der Waals surface area contributed by atoms with Crippen molar-refractivity contribution in [1.29, 1.82) is 0 Å². The van der Waals surface area contributed by atoms with Gasteiger partial charge < -0.3 is 9.47 Å². The molecular weight excluding hydrogens is 562 g/mol. The first kappa shape index (κ1) is 27.6. The lowest BCUT2D eigenvalue weighted by atomic mass is 10.0. The van der Waals surface area contributed by atoms with Crippen LogP contribution in [-0.2, 0) is 0 Å². The normalized spacial score (nSPS) is 14.2. The first-order valence-electron chi connectivity index (χ1n) is 14.6. The molecule has 43 heavy (non-hydrogen) atoms. The third kappa shape index (κ3) is 5.62. The second-order valence-electron chi connectivity index (χ2n) is 10.6. The predicted octanol–water partition coefficient (Wildman–Crippen LogP) is 7.03. The fourth-order valence-electron chi connectivity index (χ4n) is 5.75. The summed E-state index contributed by atoms with van der Waals surface area (Å²) < 4.78 is 13.3. The molecule has 0 fully saturated rings. The molecule has 0 radical (unpaired) electrons. The highest BCUT2D eigenvalue weighted by Gasteiger charge is 2.31. The van der Waals surface area contributed by atoms with E-state index in [0.29, 0.717) is 6.61 Å². The molecule has 0 spiro atoms. The Bertz CT molecular complexity index is 1730. The molecule has 4 heteroatoms. The van der Waals surface area contributed by atoms with E-state index < -0.39 is 15.8 Å². The van der Waals surface area contributed by atoms with Crippen molar-refractivity contribution in [3.8, 4) is 22.6 Å². The molecule has 1 aliphatic heterocycles. The number of fused-ring (bicyclic) bond motifs is 3. The van der Waals surface area contributed by atoms with Gasteiger partial charge in [-0.3, -0.25) is 0 Å². The molecule has 1 atom stereocenters. The molecule has 0 aliphatic carbocycles. The Labute approximate surface area is 256 Å².